The molecule has 1 heteroatoms. The summed E-state index contributed by atoms with van der Waals surface area (Å²) in [6, 6.07) is 24.6. The van der Waals surface area contributed by atoms with E-state index in [4.69, 9.17) is 0 Å². The Labute approximate surface area is 145 Å². The minimum atomic E-state index is 0.353. The van der Waals surface area contributed by atoms with Crippen molar-refractivity contribution in [3.05, 3.63) is 83.4 Å². The van der Waals surface area contributed by atoms with Crippen molar-refractivity contribution in [2.45, 2.75) is 39.2 Å². The third-order valence-corrected chi connectivity index (χ3v) is 4.80. The first kappa shape index (κ1) is 16.7. The Balaban J connectivity index is 1.62. The number of fused-ring (bicyclic) bond motifs is 1. The van der Waals surface area contributed by atoms with Crippen molar-refractivity contribution in [3.63, 3.8) is 0 Å². The Hall–Kier alpha value is -2.12. The maximum atomic E-state index is 3.68. The zero-order chi connectivity index (χ0) is 16.9. The van der Waals surface area contributed by atoms with Crippen LogP contribution in [-0.4, -0.2) is 6.54 Å². The fraction of sp³-hybridized carbons (Fsp3) is 0.304. The van der Waals surface area contributed by atoms with Gasteiger partial charge in [-0.1, -0.05) is 80.6 Å². The highest BCUT2D eigenvalue weighted by Gasteiger charge is 2.08. The molecule has 1 nitrogen and oxygen atoms in total. The van der Waals surface area contributed by atoms with Crippen molar-refractivity contribution in [1.82, 2.24) is 5.32 Å². The third kappa shape index (κ3) is 3.85. The zero-order valence-corrected chi connectivity index (χ0v) is 14.9. The lowest BCUT2D eigenvalue weighted by Crippen LogP contribution is -2.21. The molecular formula is C23H27N. The maximum absolute atomic E-state index is 3.68. The summed E-state index contributed by atoms with van der Waals surface area (Å²) in [5.41, 5.74) is 4.19. The lowest BCUT2D eigenvalue weighted by molar-refractivity contribution is 0.580. The summed E-state index contributed by atoms with van der Waals surface area (Å²) >= 11 is 0. The predicted octanol–water partition coefficient (Wildman–Crippen LogP) is 5.86. The summed E-state index contributed by atoms with van der Waals surface area (Å²) in [4.78, 5) is 0. The summed E-state index contributed by atoms with van der Waals surface area (Å²) in [6.45, 7) is 7.72. The summed E-state index contributed by atoms with van der Waals surface area (Å²) in [6.07, 6.45) is 1.06. The molecule has 0 bridgehead atoms. The molecule has 0 spiro atoms. The fourth-order valence-corrected chi connectivity index (χ4v) is 3.24. The second kappa shape index (κ2) is 7.63. The van der Waals surface area contributed by atoms with Crippen LogP contribution in [0.4, 0.5) is 0 Å². The van der Waals surface area contributed by atoms with E-state index >= 15 is 0 Å². The molecule has 3 rings (SSSR count). The van der Waals surface area contributed by atoms with Gasteiger partial charge in [-0.3, -0.25) is 0 Å². The molecule has 0 saturated carbocycles. The van der Waals surface area contributed by atoms with Crippen LogP contribution in [-0.2, 0) is 6.42 Å². The Morgan fingerprint density at radius 1 is 0.792 bits per heavy atom. The standard InChI is InChI=1S/C23H27N/c1-17(2)20-13-11-19(12-14-20)15-16-24-18(3)22-10-6-8-21-7-4-5-9-23(21)22/h4-14,17-18,24H,15-16H2,1-3H3/t18-/m0/s1. The van der Waals surface area contributed by atoms with Gasteiger partial charge >= 0.3 is 0 Å². The molecule has 0 aliphatic carbocycles. The van der Waals surface area contributed by atoms with Crippen molar-refractivity contribution >= 4 is 10.8 Å². The molecule has 0 heterocycles. The van der Waals surface area contributed by atoms with Gasteiger partial charge in [0.15, 0.2) is 0 Å². The minimum Gasteiger partial charge on any atom is -0.310 e. The average molecular weight is 317 g/mol. The number of hydrogen-bond donors (Lipinski definition) is 1. The molecule has 124 valence electrons. The topological polar surface area (TPSA) is 12.0 Å². The lowest BCUT2D eigenvalue weighted by Gasteiger charge is -2.17. The monoisotopic (exact) mass is 317 g/mol. The molecular weight excluding hydrogens is 290 g/mol. The van der Waals surface area contributed by atoms with E-state index in [9.17, 15) is 0 Å². The third-order valence-electron chi connectivity index (χ3n) is 4.80. The molecule has 1 atom stereocenters. The van der Waals surface area contributed by atoms with Crippen molar-refractivity contribution in [2.75, 3.05) is 6.54 Å². The lowest BCUT2D eigenvalue weighted by atomic mass is 9.99. The van der Waals surface area contributed by atoms with Crippen molar-refractivity contribution in [1.29, 1.82) is 0 Å². The van der Waals surface area contributed by atoms with Crippen LogP contribution >= 0.6 is 0 Å². The minimum absolute atomic E-state index is 0.353. The summed E-state index contributed by atoms with van der Waals surface area (Å²) < 4.78 is 0. The average Bonchev–Trinajstić information content (AvgIpc) is 2.61. The van der Waals surface area contributed by atoms with E-state index in [1.54, 1.807) is 0 Å². The van der Waals surface area contributed by atoms with E-state index in [-0.39, 0.29) is 0 Å². The van der Waals surface area contributed by atoms with Gasteiger partial charge in [0.1, 0.15) is 0 Å². The number of hydrogen-bond acceptors (Lipinski definition) is 1. The van der Waals surface area contributed by atoms with Crippen molar-refractivity contribution in [2.24, 2.45) is 0 Å². The SMILES string of the molecule is CC(C)c1ccc(CCN[C@@H](C)c2cccc3ccccc23)cc1. The van der Waals surface area contributed by atoms with E-state index in [0.29, 0.717) is 12.0 Å². The van der Waals surface area contributed by atoms with Crippen LogP contribution in [0, 0.1) is 0 Å². The van der Waals surface area contributed by atoms with E-state index < -0.39 is 0 Å². The smallest absolute Gasteiger partial charge is 0.0298 e. The number of benzene rings is 3. The first-order chi connectivity index (χ1) is 11.6. The normalized spacial score (nSPS) is 12.7. The number of rotatable bonds is 6. The van der Waals surface area contributed by atoms with E-state index in [1.165, 1.54) is 27.5 Å². The Morgan fingerprint density at radius 2 is 1.50 bits per heavy atom. The van der Waals surface area contributed by atoms with Gasteiger partial charge < -0.3 is 5.32 Å². The highest BCUT2D eigenvalue weighted by Crippen LogP contribution is 2.24. The van der Waals surface area contributed by atoms with Crippen molar-refractivity contribution < 1.29 is 0 Å². The molecule has 0 amide bonds. The second-order valence-corrected chi connectivity index (χ2v) is 6.89. The fourth-order valence-electron chi connectivity index (χ4n) is 3.24. The molecule has 1 N–H and O–H groups in total. The van der Waals surface area contributed by atoms with Crippen LogP contribution < -0.4 is 5.32 Å². The molecule has 3 aromatic carbocycles. The molecule has 0 aromatic heterocycles. The maximum Gasteiger partial charge on any atom is 0.0298 e. The number of nitrogens with one attached hydrogen (secondary N) is 1. The van der Waals surface area contributed by atoms with Crippen LogP contribution in [0.15, 0.2) is 66.7 Å². The molecule has 24 heavy (non-hydrogen) atoms. The second-order valence-electron chi connectivity index (χ2n) is 6.89. The van der Waals surface area contributed by atoms with Crippen LogP contribution in [0.1, 0.15) is 49.4 Å². The zero-order valence-electron chi connectivity index (χ0n) is 14.9. The van der Waals surface area contributed by atoms with Gasteiger partial charge in [0.2, 0.25) is 0 Å². The summed E-state index contributed by atoms with van der Waals surface area (Å²) in [5, 5.41) is 6.34. The molecule has 0 saturated heterocycles. The summed E-state index contributed by atoms with van der Waals surface area (Å²) in [5.74, 6) is 0.601. The van der Waals surface area contributed by atoms with Crippen LogP contribution in [0.3, 0.4) is 0 Å². The molecule has 0 aliphatic heterocycles. The Morgan fingerprint density at radius 3 is 2.25 bits per heavy atom. The van der Waals surface area contributed by atoms with Gasteiger partial charge in [0, 0.05) is 6.04 Å². The molecule has 0 radical (unpaired) electrons. The molecule has 0 unspecified atom stereocenters. The van der Waals surface area contributed by atoms with E-state index in [0.717, 1.165) is 13.0 Å². The molecule has 3 aromatic rings. The van der Waals surface area contributed by atoms with E-state index in [2.05, 4.69) is 92.8 Å². The van der Waals surface area contributed by atoms with Gasteiger partial charge in [0.05, 0.1) is 0 Å². The highest BCUT2D eigenvalue weighted by atomic mass is 14.9. The van der Waals surface area contributed by atoms with Crippen molar-refractivity contribution in [3.8, 4) is 0 Å². The predicted molar refractivity (Wildman–Crippen MR) is 105 cm³/mol. The van der Waals surface area contributed by atoms with Crippen LogP contribution in [0.25, 0.3) is 10.8 Å². The highest BCUT2D eigenvalue weighted by molar-refractivity contribution is 5.86. The van der Waals surface area contributed by atoms with Gasteiger partial charge in [-0.2, -0.15) is 0 Å². The largest absolute Gasteiger partial charge is 0.310 e. The summed E-state index contributed by atoms with van der Waals surface area (Å²) in [7, 11) is 0. The van der Waals surface area contributed by atoms with E-state index in [1.807, 2.05) is 0 Å². The quantitative estimate of drug-likeness (QED) is 0.600. The van der Waals surface area contributed by atoms with Gasteiger partial charge in [0.25, 0.3) is 0 Å². The molecule has 0 fully saturated rings. The first-order valence-electron chi connectivity index (χ1n) is 8.95. The van der Waals surface area contributed by atoms with Gasteiger partial charge in [-0.15, -0.1) is 0 Å². The van der Waals surface area contributed by atoms with Gasteiger partial charge in [-0.05, 0) is 53.3 Å². The first-order valence-corrected chi connectivity index (χ1v) is 8.95. The Kier molecular flexibility index (Phi) is 5.32. The van der Waals surface area contributed by atoms with Crippen LogP contribution in [0.5, 0.6) is 0 Å². The molecule has 0 aliphatic rings. The van der Waals surface area contributed by atoms with Gasteiger partial charge in [-0.25, -0.2) is 0 Å². The Bertz CT molecular complexity index is 781. The van der Waals surface area contributed by atoms with Crippen LogP contribution in [0.2, 0.25) is 0 Å².